The number of carbonyl (C=O) groups is 6. The molecule has 7 N–H and O–H groups in total. The zero-order chi connectivity index (χ0) is 34.6. The van der Waals surface area contributed by atoms with Crippen molar-refractivity contribution >= 4 is 41.6 Å². The molecule has 0 fully saturated rings. The lowest BCUT2D eigenvalue weighted by Gasteiger charge is -2.25. The van der Waals surface area contributed by atoms with E-state index in [-0.39, 0.29) is 30.9 Å². The minimum absolute atomic E-state index is 0.0295. The minimum Gasteiger partial charge on any atom is -0.504 e. The number of hydrogen-bond donors (Lipinski definition) is 6. The maximum Gasteiger partial charge on any atom is 0.328 e. The number of esters is 2. The van der Waals surface area contributed by atoms with E-state index >= 15 is 0 Å². The molecule has 1 aromatic carbocycles. The molecule has 0 spiro atoms. The van der Waals surface area contributed by atoms with Gasteiger partial charge in [0.05, 0.1) is 27.4 Å². The van der Waals surface area contributed by atoms with E-state index in [1.54, 1.807) is 26.8 Å². The fraction of sp³-hybridized carbons (Fsp3) is 0.548. The number of phenols is 1. The van der Waals surface area contributed by atoms with Gasteiger partial charge in [-0.05, 0) is 68.8 Å². The predicted octanol–water partition coefficient (Wildman–Crippen LogP) is 0.286. The number of unbranched alkanes of at least 4 members (excludes halogenated alkanes) is 1. The van der Waals surface area contributed by atoms with E-state index in [2.05, 4.69) is 21.3 Å². The van der Waals surface area contributed by atoms with Crippen molar-refractivity contribution in [1.29, 1.82) is 0 Å². The van der Waals surface area contributed by atoms with Crippen LogP contribution in [0.5, 0.6) is 11.5 Å². The Kier molecular flexibility index (Phi) is 18.1. The number of methoxy groups -OCH3 is 2. The van der Waals surface area contributed by atoms with Gasteiger partial charge in [-0.1, -0.05) is 19.9 Å². The van der Waals surface area contributed by atoms with Crippen LogP contribution in [0.15, 0.2) is 24.3 Å². The van der Waals surface area contributed by atoms with Gasteiger partial charge in [-0.3, -0.25) is 19.2 Å². The molecule has 1 rings (SSSR count). The van der Waals surface area contributed by atoms with Crippen LogP contribution >= 0.6 is 0 Å². The van der Waals surface area contributed by atoms with Crippen LogP contribution in [0.25, 0.3) is 6.08 Å². The summed E-state index contributed by atoms with van der Waals surface area (Å²) >= 11 is 0. The van der Waals surface area contributed by atoms with E-state index in [0.717, 1.165) is 0 Å². The molecule has 0 radical (unpaired) electrons. The number of nitrogens with two attached hydrogens (primary N) is 1. The van der Waals surface area contributed by atoms with Gasteiger partial charge in [0.1, 0.15) is 18.1 Å². The molecule has 0 aromatic heterocycles. The van der Waals surface area contributed by atoms with Crippen LogP contribution < -0.4 is 31.7 Å². The van der Waals surface area contributed by atoms with E-state index in [4.69, 9.17) is 19.9 Å². The summed E-state index contributed by atoms with van der Waals surface area (Å²) in [6.07, 6.45) is 3.88. The number of amides is 4. The second-order valence-corrected chi connectivity index (χ2v) is 10.6. The third-order valence-electron chi connectivity index (χ3n) is 6.64. The Hall–Kier alpha value is -4.66. The zero-order valence-corrected chi connectivity index (χ0v) is 27.1. The maximum absolute atomic E-state index is 13.2. The second-order valence-electron chi connectivity index (χ2n) is 10.6. The first kappa shape index (κ1) is 39.4. The fourth-order valence-electron chi connectivity index (χ4n) is 4.13. The van der Waals surface area contributed by atoms with Crippen molar-refractivity contribution < 1.29 is 48.1 Å². The van der Waals surface area contributed by atoms with Crippen LogP contribution in [0, 0.1) is 5.92 Å². The van der Waals surface area contributed by atoms with Gasteiger partial charge in [-0.15, -0.1) is 0 Å². The lowest BCUT2D eigenvalue weighted by molar-refractivity contribution is -0.148. The lowest BCUT2D eigenvalue weighted by atomic mass is 10.0. The van der Waals surface area contributed by atoms with Gasteiger partial charge < -0.3 is 46.3 Å². The number of hydrogen-bond acceptors (Lipinski definition) is 11. The van der Waals surface area contributed by atoms with Crippen molar-refractivity contribution in [2.24, 2.45) is 11.7 Å². The molecule has 46 heavy (non-hydrogen) atoms. The number of rotatable bonds is 20. The molecule has 1 unspecified atom stereocenters. The average molecular weight is 650 g/mol. The molecule has 0 heterocycles. The molecular formula is C31H47N5O10. The second kappa shape index (κ2) is 21.1. The molecule has 15 heteroatoms. The van der Waals surface area contributed by atoms with Crippen molar-refractivity contribution in [2.45, 2.75) is 71.0 Å². The number of aromatic hydroxyl groups is 1. The molecule has 0 aliphatic rings. The third-order valence-corrected chi connectivity index (χ3v) is 6.64. The third kappa shape index (κ3) is 14.4. The summed E-state index contributed by atoms with van der Waals surface area (Å²) in [5.74, 6) is -4.07. The normalized spacial score (nSPS) is 12.8. The van der Waals surface area contributed by atoms with Crippen molar-refractivity contribution in [3.05, 3.63) is 29.8 Å². The number of nitrogens with one attached hydrogen (secondary N) is 4. The summed E-state index contributed by atoms with van der Waals surface area (Å²) in [7, 11) is 2.61. The smallest absolute Gasteiger partial charge is 0.328 e. The summed E-state index contributed by atoms with van der Waals surface area (Å²) in [5.41, 5.74) is 6.07. The monoisotopic (exact) mass is 649 g/mol. The average Bonchev–Trinajstić information content (AvgIpc) is 3.03. The van der Waals surface area contributed by atoms with Crippen LogP contribution in [0.2, 0.25) is 0 Å². The first-order valence-corrected chi connectivity index (χ1v) is 15.0. The molecule has 3 atom stereocenters. The summed E-state index contributed by atoms with van der Waals surface area (Å²) < 4.78 is 14.9. The van der Waals surface area contributed by atoms with Gasteiger partial charge in [0.25, 0.3) is 0 Å². The van der Waals surface area contributed by atoms with Crippen LogP contribution in [0.1, 0.15) is 58.4 Å². The number of ether oxygens (including phenoxy) is 3. The summed E-state index contributed by atoms with van der Waals surface area (Å²) in [6.45, 7) is 4.98. The van der Waals surface area contributed by atoms with E-state index in [9.17, 15) is 33.9 Å². The summed E-state index contributed by atoms with van der Waals surface area (Å²) in [6, 6.07) is 1.33. The Bertz CT molecular complexity index is 1220. The lowest BCUT2D eigenvalue weighted by Crippen LogP contribution is -2.55. The molecule has 1 aromatic rings. The molecular weight excluding hydrogens is 602 g/mol. The van der Waals surface area contributed by atoms with Gasteiger partial charge in [0.2, 0.25) is 23.6 Å². The SMILES string of the molecule is CCOC(=O)[C@@H](CCC(=O)NC(CCCCN)C(=O)OC)NC(=O)[C@@H](NC(=O)CNC(=O)/C=C/c1ccc(O)c(OC)c1)C(C)C. The molecule has 4 amide bonds. The van der Waals surface area contributed by atoms with E-state index in [1.165, 1.54) is 38.5 Å². The Morgan fingerprint density at radius 3 is 2.24 bits per heavy atom. The molecule has 0 bridgehead atoms. The molecule has 0 aliphatic heterocycles. The van der Waals surface area contributed by atoms with Gasteiger partial charge in [0, 0.05) is 12.5 Å². The minimum atomic E-state index is -1.21. The zero-order valence-electron chi connectivity index (χ0n) is 27.1. The van der Waals surface area contributed by atoms with E-state index < -0.39 is 66.2 Å². The predicted molar refractivity (Wildman–Crippen MR) is 168 cm³/mol. The quantitative estimate of drug-likeness (QED) is 0.0639. The van der Waals surface area contributed by atoms with Gasteiger partial charge in [-0.2, -0.15) is 0 Å². The van der Waals surface area contributed by atoms with Crippen molar-refractivity contribution in [2.75, 3.05) is 33.9 Å². The van der Waals surface area contributed by atoms with Crippen LogP contribution in [-0.2, 0) is 38.2 Å². The molecule has 256 valence electrons. The molecule has 0 saturated carbocycles. The maximum atomic E-state index is 13.2. The van der Waals surface area contributed by atoms with Crippen molar-refractivity contribution in [3.8, 4) is 11.5 Å². The first-order chi connectivity index (χ1) is 21.9. The topological polar surface area (TPSA) is 224 Å². The summed E-state index contributed by atoms with van der Waals surface area (Å²) in [5, 5.41) is 19.8. The first-order valence-electron chi connectivity index (χ1n) is 15.0. The van der Waals surface area contributed by atoms with Crippen molar-refractivity contribution in [3.63, 3.8) is 0 Å². The number of benzene rings is 1. The number of phenolic OH excluding ortho intramolecular Hbond substituents is 1. The highest BCUT2D eigenvalue weighted by Gasteiger charge is 2.30. The Balaban J connectivity index is 2.79. The molecule has 0 aliphatic carbocycles. The van der Waals surface area contributed by atoms with E-state index in [0.29, 0.717) is 31.4 Å². The Morgan fingerprint density at radius 2 is 1.63 bits per heavy atom. The largest absolute Gasteiger partial charge is 0.504 e. The summed E-state index contributed by atoms with van der Waals surface area (Å²) in [4.78, 5) is 75.4. The highest BCUT2D eigenvalue weighted by molar-refractivity contribution is 5.96. The Labute approximate surface area is 269 Å². The van der Waals surface area contributed by atoms with Gasteiger partial charge in [0.15, 0.2) is 11.5 Å². The highest BCUT2D eigenvalue weighted by atomic mass is 16.5. The van der Waals surface area contributed by atoms with E-state index in [1.807, 2.05) is 0 Å². The Morgan fingerprint density at radius 1 is 0.935 bits per heavy atom. The van der Waals surface area contributed by atoms with Crippen LogP contribution in [0.4, 0.5) is 0 Å². The fourth-order valence-corrected chi connectivity index (χ4v) is 4.13. The van der Waals surface area contributed by atoms with Crippen LogP contribution in [-0.4, -0.2) is 92.7 Å². The molecule has 15 nitrogen and oxygen atoms in total. The standard InChI is InChI=1S/C31H47N5O10/c1-6-46-31(43)22(12-15-26(39)34-21(30(42)45-5)9-7-8-16-32)35-29(41)28(19(2)3)36-27(40)18-33-25(38)14-11-20-10-13-23(37)24(17-20)44-4/h10-11,13-14,17,19,21-22,28,37H,6-9,12,15-16,18,32H2,1-5H3,(H,33,38)(H,34,39)(H,35,41)(H,36,40)/b14-11+/t21?,22-,28+/m1/s1. The number of carbonyl (C=O) groups excluding carboxylic acids is 6. The van der Waals surface area contributed by atoms with Gasteiger partial charge >= 0.3 is 11.9 Å². The molecule has 0 saturated heterocycles. The van der Waals surface area contributed by atoms with Crippen molar-refractivity contribution in [1.82, 2.24) is 21.3 Å². The van der Waals surface area contributed by atoms with Gasteiger partial charge in [-0.25, -0.2) is 9.59 Å². The highest BCUT2D eigenvalue weighted by Crippen LogP contribution is 2.26. The van der Waals surface area contributed by atoms with Crippen LogP contribution in [0.3, 0.4) is 0 Å².